The Kier molecular flexibility index (Phi) is 5.26. The van der Waals surface area contributed by atoms with E-state index in [2.05, 4.69) is 4.90 Å². The molecule has 4 rings (SSSR count). The zero-order chi connectivity index (χ0) is 18.9. The molecule has 1 unspecified atom stereocenters. The number of hydrogen-bond donors (Lipinski definition) is 1. The van der Waals surface area contributed by atoms with Crippen molar-refractivity contribution in [2.24, 2.45) is 5.92 Å². The van der Waals surface area contributed by atoms with Gasteiger partial charge in [0.25, 0.3) is 0 Å². The van der Waals surface area contributed by atoms with Crippen molar-refractivity contribution in [2.45, 2.75) is 63.1 Å². The van der Waals surface area contributed by atoms with Crippen molar-refractivity contribution in [3.63, 3.8) is 0 Å². The summed E-state index contributed by atoms with van der Waals surface area (Å²) >= 11 is 0. The number of hydrogen-bond acceptors (Lipinski definition) is 4. The molecular formula is C21H28FNO4. The number of benzene rings is 1. The molecule has 1 saturated carbocycles. The summed E-state index contributed by atoms with van der Waals surface area (Å²) in [4.78, 5) is 13.0. The normalized spacial score (nSPS) is 25.2. The van der Waals surface area contributed by atoms with Gasteiger partial charge in [0.1, 0.15) is 11.6 Å². The van der Waals surface area contributed by atoms with Crippen molar-refractivity contribution in [1.82, 2.24) is 0 Å². The number of anilines is 1. The van der Waals surface area contributed by atoms with E-state index in [1.165, 1.54) is 12.5 Å². The summed E-state index contributed by atoms with van der Waals surface area (Å²) < 4.78 is 26.5. The van der Waals surface area contributed by atoms with Crippen LogP contribution in [0, 0.1) is 11.7 Å². The van der Waals surface area contributed by atoms with Gasteiger partial charge in [-0.3, -0.25) is 4.79 Å². The highest BCUT2D eigenvalue weighted by Gasteiger charge is 2.40. The third kappa shape index (κ3) is 4.21. The van der Waals surface area contributed by atoms with E-state index < -0.39 is 5.97 Å². The van der Waals surface area contributed by atoms with Crippen LogP contribution in [0.5, 0.6) is 5.75 Å². The lowest BCUT2D eigenvalue weighted by Gasteiger charge is -2.46. The second-order valence-electron chi connectivity index (χ2n) is 8.27. The van der Waals surface area contributed by atoms with Crippen LogP contribution in [0.1, 0.15) is 51.4 Å². The summed E-state index contributed by atoms with van der Waals surface area (Å²) in [6.45, 7) is 2.01. The minimum Gasteiger partial charge on any atom is -0.490 e. The smallest absolute Gasteiger partial charge is 0.303 e. The maximum atomic E-state index is 14.4. The summed E-state index contributed by atoms with van der Waals surface area (Å²) in [5.74, 6) is -0.0995. The zero-order valence-electron chi connectivity index (χ0n) is 15.7. The summed E-state index contributed by atoms with van der Waals surface area (Å²) in [7, 11) is 0. The first-order valence-corrected chi connectivity index (χ1v) is 10.1. The molecule has 3 fully saturated rings. The molecule has 1 spiro atoms. The molecule has 1 N–H and O–H groups in total. The van der Waals surface area contributed by atoms with Gasteiger partial charge in [-0.2, -0.15) is 0 Å². The van der Waals surface area contributed by atoms with Gasteiger partial charge in [-0.05, 0) is 63.0 Å². The van der Waals surface area contributed by atoms with Crippen LogP contribution in [-0.2, 0) is 9.53 Å². The Labute approximate surface area is 159 Å². The van der Waals surface area contributed by atoms with Crippen molar-refractivity contribution in [2.75, 3.05) is 24.6 Å². The SMILES string of the molecule is O=C(O)CC1CCC2(CCN(c3cc(OC4CCC4)ccc3F)CC2)OC1. The van der Waals surface area contributed by atoms with E-state index in [0.717, 1.165) is 57.4 Å². The molecule has 2 heterocycles. The predicted molar refractivity (Wildman–Crippen MR) is 99.8 cm³/mol. The number of carbonyl (C=O) groups is 1. The second-order valence-corrected chi connectivity index (χ2v) is 8.27. The molecule has 0 radical (unpaired) electrons. The van der Waals surface area contributed by atoms with Gasteiger partial charge < -0.3 is 19.5 Å². The Bertz CT molecular complexity index is 673. The molecule has 0 amide bonds. The van der Waals surface area contributed by atoms with Crippen LogP contribution in [0.2, 0.25) is 0 Å². The van der Waals surface area contributed by atoms with Crippen LogP contribution < -0.4 is 9.64 Å². The van der Waals surface area contributed by atoms with Gasteiger partial charge in [-0.1, -0.05) is 0 Å². The third-order valence-electron chi connectivity index (χ3n) is 6.38. The van der Waals surface area contributed by atoms with Gasteiger partial charge in [0, 0.05) is 19.2 Å². The summed E-state index contributed by atoms with van der Waals surface area (Å²) in [5.41, 5.74) is 0.448. The molecule has 1 atom stereocenters. The number of halogens is 1. The Morgan fingerprint density at radius 2 is 2.04 bits per heavy atom. The first kappa shape index (κ1) is 18.5. The molecule has 1 aromatic carbocycles. The molecule has 6 heteroatoms. The Balaban J connectivity index is 1.35. The maximum absolute atomic E-state index is 14.4. The molecule has 5 nitrogen and oxygen atoms in total. The number of nitrogens with zero attached hydrogens (tertiary/aromatic N) is 1. The molecule has 3 aliphatic rings. The van der Waals surface area contributed by atoms with Crippen LogP contribution in [0.25, 0.3) is 0 Å². The summed E-state index contributed by atoms with van der Waals surface area (Å²) in [5, 5.41) is 8.94. The van der Waals surface area contributed by atoms with Gasteiger partial charge in [0.2, 0.25) is 0 Å². The largest absolute Gasteiger partial charge is 0.490 e. The fourth-order valence-corrected chi connectivity index (χ4v) is 4.36. The van der Waals surface area contributed by atoms with E-state index in [-0.39, 0.29) is 29.9 Å². The zero-order valence-corrected chi connectivity index (χ0v) is 15.7. The highest BCUT2D eigenvalue weighted by molar-refractivity contribution is 5.67. The van der Waals surface area contributed by atoms with Crippen molar-refractivity contribution in [1.29, 1.82) is 0 Å². The first-order valence-electron chi connectivity index (χ1n) is 10.1. The molecule has 148 valence electrons. The molecule has 0 bridgehead atoms. The van der Waals surface area contributed by atoms with Crippen molar-refractivity contribution in [3.8, 4) is 5.75 Å². The van der Waals surface area contributed by atoms with E-state index in [1.807, 2.05) is 6.07 Å². The van der Waals surface area contributed by atoms with Gasteiger partial charge in [0.05, 0.1) is 30.4 Å². The van der Waals surface area contributed by atoms with Crippen molar-refractivity contribution < 1.29 is 23.8 Å². The molecule has 1 aromatic rings. The molecule has 27 heavy (non-hydrogen) atoms. The fraction of sp³-hybridized carbons (Fsp3) is 0.667. The van der Waals surface area contributed by atoms with Gasteiger partial charge >= 0.3 is 5.97 Å². The summed E-state index contributed by atoms with van der Waals surface area (Å²) in [6, 6.07) is 5.05. The average Bonchev–Trinajstić information content (AvgIpc) is 2.62. The number of piperidine rings is 1. The fourth-order valence-electron chi connectivity index (χ4n) is 4.36. The number of ether oxygens (including phenoxy) is 2. The first-order chi connectivity index (χ1) is 13.0. The van der Waals surface area contributed by atoms with E-state index in [1.54, 1.807) is 6.07 Å². The molecular weight excluding hydrogens is 349 g/mol. The van der Waals surface area contributed by atoms with Gasteiger partial charge in [-0.25, -0.2) is 4.39 Å². The highest BCUT2D eigenvalue weighted by atomic mass is 19.1. The van der Waals surface area contributed by atoms with Gasteiger partial charge in [-0.15, -0.1) is 0 Å². The second kappa shape index (κ2) is 7.66. The van der Waals surface area contributed by atoms with Crippen LogP contribution in [-0.4, -0.2) is 42.5 Å². The molecule has 0 aromatic heterocycles. The minimum absolute atomic E-state index is 0.115. The third-order valence-corrected chi connectivity index (χ3v) is 6.38. The molecule has 2 aliphatic heterocycles. The Hall–Kier alpha value is -1.82. The highest BCUT2D eigenvalue weighted by Crippen LogP contribution is 2.39. The number of aliphatic carboxylic acids is 1. The quantitative estimate of drug-likeness (QED) is 0.841. The topological polar surface area (TPSA) is 59.0 Å². The van der Waals surface area contributed by atoms with Crippen molar-refractivity contribution >= 4 is 11.7 Å². The number of carboxylic acids is 1. The van der Waals surface area contributed by atoms with Crippen LogP contribution in [0.15, 0.2) is 18.2 Å². The standard InChI is InChI=1S/C21H28FNO4/c22-18-5-4-17(27-16-2-1-3-16)13-19(18)23-10-8-21(9-11-23)7-6-15(14-26-21)12-20(24)25/h4-5,13,15-16H,1-3,6-12,14H2,(H,24,25). The molecule has 2 saturated heterocycles. The minimum atomic E-state index is -0.756. The van der Waals surface area contributed by atoms with Gasteiger partial charge in [0.15, 0.2) is 0 Å². The lowest BCUT2D eigenvalue weighted by Crippen LogP contribution is -2.49. The average molecular weight is 377 g/mol. The van der Waals surface area contributed by atoms with Crippen molar-refractivity contribution in [3.05, 3.63) is 24.0 Å². The number of rotatable bonds is 5. The van der Waals surface area contributed by atoms with E-state index in [0.29, 0.717) is 12.3 Å². The van der Waals surface area contributed by atoms with E-state index in [4.69, 9.17) is 14.6 Å². The number of carboxylic acid groups (broad SMARTS) is 1. The van der Waals surface area contributed by atoms with Crippen LogP contribution in [0.4, 0.5) is 10.1 Å². The summed E-state index contributed by atoms with van der Waals surface area (Å²) in [6.07, 6.45) is 7.32. The molecule has 1 aliphatic carbocycles. The van der Waals surface area contributed by atoms with E-state index in [9.17, 15) is 9.18 Å². The predicted octanol–water partition coefficient (Wildman–Crippen LogP) is 4.00. The Morgan fingerprint density at radius 1 is 1.26 bits per heavy atom. The monoisotopic (exact) mass is 377 g/mol. The maximum Gasteiger partial charge on any atom is 0.303 e. The van der Waals surface area contributed by atoms with Crippen LogP contribution >= 0.6 is 0 Å². The van der Waals surface area contributed by atoms with Crippen LogP contribution in [0.3, 0.4) is 0 Å². The Morgan fingerprint density at radius 3 is 2.63 bits per heavy atom. The lowest BCUT2D eigenvalue weighted by molar-refractivity contribution is -0.145. The lowest BCUT2D eigenvalue weighted by atomic mass is 9.81. The van der Waals surface area contributed by atoms with E-state index >= 15 is 0 Å².